The Morgan fingerprint density at radius 3 is 2.71 bits per heavy atom. The molecule has 8 nitrogen and oxygen atoms in total. The number of methoxy groups -OCH3 is 2. The lowest BCUT2D eigenvalue weighted by Gasteiger charge is -2.34. The van der Waals surface area contributed by atoms with Crippen molar-refractivity contribution in [2.24, 2.45) is 16.6 Å². The number of carbonyl (C=O) groups is 2. The van der Waals surface area contributed by atoms with Crippen LogP contribution in [0.3, 0.4) is 0 Å². The van der Waals surface area contributed by atoms with Gasteiger partial charge in [-0.15, -0.1) is 24.0 Å². The van der Waals surface area contributed by atoms with Crippen LogP contribution in [-0.4, -0.2) is 57.1 Å². The molecule has 1 aliphatic heterocycles. The Labute approximate surface area is 182 Å². The highest BCUT2D eigenvalue weighted by atomic mass is 127. The van der Waals surface area contributed by atoms with Gasteiger partial charge >= 0.3 is 5.97 Å². The molecule has 1 unspecified atom stereocenters. The van der Waals surface area contributed by atoms with E-state index in [9.17, 15) is 9.59 Å². The number of hydrogen-bond donors (Lipinski definition) is 2. The van der Waals surface area contributed by atoms with Crippen LogP contribution < -0.4 is 15.8 Å². The number of carbonyl (C=O) groups excluding carboxylic acids is 2. The zero-order valence-corrected chi connectivity index (χ0v) is 18.9. The second-order valence-corrected chi connectivity index (χ2v) is 6.55. The summed E-state index contributed by atoms with van der Waals surface area (Å²) in [5.74, 6) is 0.809. The van der Waals surface area contributed by atoms with E-state index in [2.05, 4.69) is 15.2 Å². The van der Waals surface area contributed by atoms with Crippen LogP contribution in [-0.2, 0) is 16.1 Å². The number of rotatable bonds is 6. The Morgan fingerprint density at radius 2 is 2.11 bits per heavy atom. The molecule has 1 aromatic carbocycles. The lowest BCUT2D eigenvalue weighted by Crippen LogP contribution is -2.46. The summed E-state index contributed by atoms with van der Waals surface area (Å²) in [6.45, 7) is 2.17. The molecule has 0 bridgehead atoms. The summed E-state index contributed by atoms with van der Waals surface area (Å²) in [5.41, 5.74) is 6.67. The number of benzene rings is 1. The number of ether oxygens (including phenoxy) is 2. The van der Waals surface area contributed by atoms with E-state index in [0.717, 1.165) is 37.5 Å². The lowest BCUT2D eigenvalue weighted by atomic mass is 9.95. The predicted molar refractivity (Wildman–Crippen MR) is 118 cm³/mol. The Morgan fingerprint density at radius 1 is 1.36 bits per heavy atom. The minimum Gasteiger partial charge on any atom is -0.496 e. The maximum atomic E-state index is 11.8. The van der Waals surface area contributed by atoms with Gasteiger partial charge in [-0.25, -0.2) is 4.79 Å². The summed E-state index contributed by atoms with van der Waals surface area (Å²) in [6.07, 6.45) is 2.41. The van der Waals surface area contributed by atoms with E-state index in [1.54, 1.807) is 19.2 Å². The summed E-state index contributed by atoms with van der Waals surface area (Å²) in [5, 5.41) is 3.33. The molecule has 2 rings (SSSR count). The molecule has 1 saturated heterocycles. The molecule has 0 aromatic heterocycles. The monoisotopic (exact) mass is 504 g/mol. The summed E-state index contributed by atoms with van der Waals surface area (Å²) in [4.78, 5) is 29.5. The van der Waals surface area contributed by atoms with Crippen molar-refractivity contribution in [2.45, 2.75) is 25.8 Å². The second-order valence-electron chi connectivity index (χ2n) is 6.55. The van der Waals surface area contributed by atoms with E-state index in [1.165, 1.54) is 14.2 Å². The van der Waals surface area contributed by atoms with Crippen LogP contribution in [0, 0.1) is 5.92 Å². The van der Waals surface area contributed by atoms with Crippen molar-refractivity contribution in [1.29, 1.82) is 0 Å². The van der Waals surface area contributed by atoms with Crippen LogP contribution in [0.15, 0.2) is 23.2 Å². The van der Waals surface area contributed by atoms with Gasteiger partial charge < -0.3 is 25.4 Å². The molecule has 1 aliphatic rings. The third-order valence-electron chi connectivity index (χ3n) is 4.64. The van der Waals surface area contributed by atoms with Gasteiger partial charge in [-0.2, -0.15) is 0 Å². The predicted octanol–water partition coefficient (Wildman–Crippen LogP) is 1.76. The quantitative estimate of drug-likeness (QED) is 0.265. The second kappa shape index (κ2) is 11.7. The van der Waals surface area contributed by atoms with Crippen molar-refractivity contribution in [3.8, 4) is 5.75 Å². The van der Waals surface area contributed by atoms with Gasteiger partial charge in [0, 0.05) is 33.1 Å². The van der Waals surface area contributed by atoms with Gasteiger partial charge in [0.1, 0.15) is 11.3 Å². The summed E-state index contributed by atoms with van der Waals surface area (Å²) in [6, 6.07) is 5.34. The van der Waals surface area contributed by atoms with Gasteiger partial charge in [0.15, 0.2) is 5.96 Å². The molecule has 0 radical (unpaired) electrons. The number of nitrogens with zero attached hydrogens (tertiary/aromatic N) is 2. The molecule has 28 heavy (non-hydrogen) atoms. The molecule has 1 fully saturated rings. The Kier molecular flexibility index (Phi) is 10.0. The molecule has 3 N–H and O–H groups in total. The number of amides is 1. The van der Waals surface area contributed by atoms with Crippen LogP contribution in [0.4, 0.5) is 0 Å². The van der Waals surface area contributed by atoms with Crippen LogP contribution in [0.25, 0.3) is 0 Å². The Bertz CT molecular complexity index is 711. The van der Waals surface area contributed by atoms with Gasteiger partial charge in [-0.3, -0.25) is 9.79 Å². The normalized spacial score (nSPS) is 16.8. The maximum absolute atomic E-state index is 11.8. The number of primary amides is 1. The van der Waals surface area contributed by atoms with Crippen molar-refractivity contribution in [3.63, 3.8) is 0 Å². The van der Waals surface area contributed by atoms with Crippen LogP contribution in [0.1, 0.15) is 35.2 Å². The first-order valence-electron chi connectivity index (χ1n) is 8.97. The highest BCUT2D eigenvalue weighted by molar-refractivity contribution is 14.0. The van der Waals surface area contributed by atoms with Gasteiger partial charge in [0.05, 0.1) is 14.2 Å². The van der Waals surface area contributed by atoms with Crippen LogP contribution in [0.2, 0.25) is 0 Å². The number of piperidine rings is 1. The van der Waals surface area contributed by atoms with Crippen molar-refractivity contribution in [3.05, 3.63) is 29.3 Å². The van der Waals surface area contributed by atoms with E-state index in [1.807, 2.05) is 6.07 Å². The van der Waals surface area contributed by atoms with Gasteiger partial charge in [-0.1, -0.05) is 6.07 Å². The zero-order chi connectivity index (χ0) is 19.8. The number of halogens is 1. The number of guanidine groups is 1. The van der Waals surface area contributed by atoms with Crippen molar-refractivity contribution < 1.29 is 19.1 Å². The van der Waals surface area contributed by atoms with Crippen molar-refractivity contribution >= 4 is 41.8 Å². The molecule has 0 aliphatic carbocycles. The third-order valence-corrected chi connectivity index (χ3v) is 4.64. The first-order chi connectivity index (χ1) is 13.0. The fourth-order valence-electron chi connectivity index (χ4n) is 3.35. The van der Waals surface area contributed by atoms with Crippen molar-refractivity contribution in [2.75, 3.05) is 34.4 Å². The number of esters is 1. The summed E-state index contributed by atoms with van der Waals surface area (Å²) >= 11 is 0. The Hall–Kier alpha value is -2.04. The van der Waals surface area contributed by atoms with E-state index >= 15 is 0 Å². The topological polar surface area (TPSA) is 106 Å². The molecule has 1 aromatic rings. The number of nitrogens with one attached hydrogen (secondary N) is 1. The number of nitrogens with two attached hydrogens (primary N) is 1. The Balaban J connectivity index is 0.00000392. The third kappa shape index (κ3) is 6.54. The van der Waals surface area contributed by atoms with Crippen LogP contribution in [0.5, 0.6) is 5.75 Å². The SMILES string of the molecule is CN=C(NCc1ccc(C(=O)OC)c(OC)c1)N1CCCC(CC(N)=O)C1.I. The van der Waals surface area contributed by atoms with E-state index in [-0.39, 0.29) is 35.8 Å². The van der Waals surface area contributed by atoms with E-state index < -0.39 is 5.97 Å². The zero-order valence-electron chi connectivity index (χ0n) is 16.6. The maximum Gasteiger partial charge on any atom is 0.341 e. The molecule has 1 atom stereocenters. The van der Waals surface area contributed by atoms with E-state index in [4.69, 9.17) is 15.2 Å². The van der Waals surface area contributed by atoms with Gasteiger partial charge in [-0.05, 0) is 36.5 Å². The fourth-order valence-corrected chi connectivity index (χ4v) is 3.35. The average Bonchev–Trinajstić information content (AvgIpc) is 2.67. The summed E-state index contributed by atoms with van der Waals surface area (Å²) < 4.78 is 10.1. The molecule has 156 valence electrons. The first-order valence-corrected chi connectivity index (χ1v) is 8.97. The highest BCUT2D eigenvalue weighted by Gasteiger charge is 2.23. The lowest BCUT2D eigenvalue weighted by molar-refractivity contribution is -0.119. The largest absolute Gasteiger partial charge is 0.496 e. The molecule has 0 spiro atoms. The first kappa shape index (κ1) is 24.0. The fraction of sp³-hybridized carbons (Fsp3) is 0.526. The smallest absolute Gasteiger partial charge is 0.341 e. The molecule has 9 heteroatoms. The van der Waals surface area contributed by atoms with Gasteiger partial charge in [0.25, 0.3) is 0 Å². The molecule has 1 heterocycles. The minimum absolute atomic E-state index is 0. The molecular weight excluding hydrogens is 475 g/mol. The number of aliphatic imine (C=N–C) groups is 1. The van der Waals surface area contributed by atoms with Gasteiger partial charge in [0.2, 0.25) is 5.91 Å². The summed E-state index contributed by atoms with van der Waals surface area (Å²) in [7, 11) is 4.59. The number of likely N-dealkylation sites (tertiary alicyclic amines) is 1. The molecular formula is C19H29IN4O4. The molecule has 0 saturated carbocycles. The highest BCUT2D eigenvalue weighted by Crippen LogP contribution is 2.22. The van der Waals surface area contributed by atoms with E-state index in [0.29, 0.717) is 24.3 Å². The molecule has 1 amide bonds. The average molecular weight is 504 g/mol. The number of hydrogen-bond acceptors (Lipinski definition) is 5. The van der Waals surface area contributed by atoms with Crippen molar-refractivity contribution in [1.82, 2.24) is 10.2 Å². The van der Waals surface area contributed by atoms with Crippen LogP contribution >= 0.6 is 24.0 Å². The standard InChI is InChI=1S/C19H28N4O4.HI/c1-21-19(23-8-4-5-14(12-23)10-17(20)24)22-11-13-6-7-15(18(25)27-3)16(9-13)26-2;/h6-7,9,14H,4-5,8,10-12H2,1-3H3,(H2,20,24)(H,21,22);1H. The minimum atomic E-state index is -0.434.